The average molecular weight is 377 g/mol. The molecule has 1 heterocycles. The maximum absolute atomic E-state index is 6.08. The molecule has 0 unspecified atom stereocenters. The van der Waals surface area contributed by atoms with Gasteiger partial charge in [0.1, 0.15) is 5.75 Å². The van der Waals surface area contributed by atoms with Crippen molar-refractivity contribution in [2.75, 3.05) is 32.1 Å². The number of benzodiazepines with no additional fused rings is 1. The second-order valence-electron chi connectivity index (χ2n) is 5.58. The van der Waals surface area contributed by atoms with Gasteiger partial charge in [-0.1, -0.05) is 42.8 Å². The summed E-state index contributed by atoms with van der Waals surface area (Å²) < 4.78 is 5.35. The van der Waals surface area contributed by atoms with Crippen molar-refractivity contribution in [1.82, 2.24) is 0 Å². The fraction of sp³-hybridized carbons (Fsp3) is 0.250. The highest BCUT2D eigenvalue weighted by Gasteiger charge is 2.15. The molecule has 0 bridgehead atoms. The lowest BCUT2D eigenvalue weighted by molar-refractivity contribution is 0.415. The molecule has 0 atom stereocenters. The summed E-state index contributed by atoms with van der Waals surface area (Å²) >= 11 is 12.0. The predicted octanol–water partition coefficient (Wildman–Crippen LogP) is 5.59. The number of nitrogens with zero attached hydrogens (tertiary/aromatic N) is 2. The van der Waals surface area contributed by atoms with Gasteiger partial charge in [0, 0.05) is 30.9 Å². The lowest BCUT2D eigenvalue weighted by atomic mass is 10.1. The first-order valence-corrected chi connectivity index (χ1v) is 8.41. The number of hydrogen-bond acceptors (Lipinski definition) is 3. The Hall–Kier alpha value is -1.97. The number of halogens is 2. The number of aliphatic imine (C=N–C) groups is 1. The van der Waals surface area contributed by atoms with Gasteiger partial charge in [0.15, 0.2) is 0 Å². The molecule has 0 aromatic heterocycles. The predicted molar refractivity (Wildman–Crippen MR) is 110 cm³/mol. The third-order valence-electron chi connectivity index (χ3n) is 3.99. The molecule has 0 radical (unpaired) electrons. The van der Waals surface area contributed by atoms with Crippen LogP contribution in [0.5, 0.6) is 5.75 Å². The highest BCUT2D eigenvalue weighted by atomic mass is 35.5. The van der Waals surface area contributed by atoms with Gasteiger partial charge >= 0.3 is 0 Å². The van der Waals surface area contributed by atoms with Crippen molar-refractivity contribution in [3.8, 4) is 5.75 Å². The van der Waals surface area contributed by atoms with E-state index in [-0.39, 0.29) is 7.43 Å². The Morgan fingerprint density at radius 2 is 1.88 bits per heavy atom. The van der Waals surface area contributed by atoms with E-state index in [9.17, 15) is 0 Å². The second kappa shape index (κ2) is 8.41. The highest BCUT2D eigenvalue weighted by molar-refractivity contribution is 6.42. The molecular weight excluding hydrogens is 355 g/mol. The molecule has 0 saturated carbocycles. The maximum atomic E-state index is 6.08. The van der Waals surface area contributed by atoms with Crippen molar-refractivity contribution in [2.45, 2.75) is 7.43 Å². The first kappa shape index (κ1) is 19.4. The summed E-state index contributed by atoms with van der Waals surface area (Å²) in [5.74, 6) is 0.843. The number of fused-ring (bicyclic) bond motifs is 1. The normalized spacial score (nSPS) is 13.8. The van der Waals surface area contributed by atoms with Crippen LogP contribution in [0.4, 0.5) is 5.69 Å². The summed E-state index contributed by atoms with van der Waals surface area (Å²) in [5, 5.41) is 1.10. The second-order valence-corrected chi connectivity index (χ2v) is 6.39. The minimum Gasteiger partial charge on any atom is -0.497 e. The lowest BCUT2D eigenvalue weighted by Gasteiger charge is -2.19. The molecule has 25 heavy (non-hydrogen) atoms. The molecule has 1 aliphatic rings. The van der Waals surface area contributed by atoms with Gasteiger partial charge in [-0.3, -0.25) is 4.99 Å². The van der Waals surface area contributed by atoms with Gasteiger partial charge in [0.25, 0.3) is 0 Å². The van der Waals surface area contributed by atoms with Gasteiger partial charge < -0.3 is 9.64 Å². The fourth-order valence-corrected chi connectivity index (χ4v) is 2.94. The van der Waals surface area contributed by atoms with E-state index in [1.807, 2.05) is 42.5 Å². The van der Waals surface area contributed by atoms with Crippen LogP contribution >= 0.6 is 23.2 Å². The van der Waals surface area contributed by atoms with E-state index in [1.54, 1.807) is 13.2 Å². The zero-order chi connectivity index (χ0) is 17.1. The van der Waals surface area contributed by atoms with Gasteiger partial charge in [-0.05, 0) is 35.9 Å². The number of benzene rings is 2. The van der Waals surface area contributed by atoms with Gasteiger partial charge in [0.2, 0.25) is 0 Å². The maximum Gasteiger partial charge on any atom is 0.120 e. The largest absolute Gasteiger partial charge is 0.497 e. The first-order chi connectivity index (χ1) is 11.6. The van der Waals surface area contributed by atoms with Crippen LogP contribution in [0.3, 0.4) is 0 Å². The van der Waals surface area contributed by atoms with Crippen LogP contribution in [0.2, 0.25) is 10.0 Å². The molecule has 0 fully saturated rings. The third-order valence-corrected chi connectivity index (χ3v) is 4.73. The van der Waals surface area contributed by atoms with Crippen molar-refractivity contribution in [3.63, 3.8) is 0 Å². The van der Waals surface area contributed by atoms with E-state index in [0.29, 0.717) is 10.0 Å². The molecule has 0 aliphatic carbocycles. The number of allylic oxidation sites excluding steroid dienone is 1. The number of rotatable bonds is 3. The minimum absolute atomic E-state index is 0. The van der Waals surface area contributed by atoms with Crippen molar-refractivity contribution < 1.29 is 4.74 Å². The van der Waals surface area contributed by atoms with Crippen molar-refractivity contribution >= 4 is 40.7 Å². The van der Waals surface area contributed by atoms with E-state index in [2.05, 4.69) is 11.9 Å². The number of anilines is 1. The van der Waals surface area contributed by atoms with E-state index in [1.165, 1.54) is 0 Å². The number of ether oxygens (including phenoxy) is 1. The van der Waals surface area contributed by atoms with Gasteiger partial charge in [-0.15, -0.1) is 0 Å². The van der Waals surface area contributed by atoms with E-state index < -0.39 is 0 Å². The number of methoxy groups -OCH3 is 1. The highest BCUT2D eigenvalue weighted by Crippen LogP contribution is 2.28. The minimum atomic E-state index is 0. The Bertz CT molecular complexity index is 815. The summed E-state index contributed by atoms with van der Waals surface area (Å²) in [4.78, 5) is 6.91. The molecule has 0 amide bonds. The molecular formula is C20H22Cl2N2O. The van der Waals surface area contributed by atoms with E-state index >= 15 is 0 Å². The number of likely N-dealkylation sites (N-methyl/N-ethyl adjacent to an activating group) is 1. The molecule has 0 N–H and O–H groups in total. The molecule has 3 rings (SSSR count). The van der Waals surface area contributed by atoms with Crippen molar-refractivity contribution in [1.29, 1.82) is 0 Å². The summed E-state index contributed by atoms with van der Waals surface area (Å²) in [6.07, 6.45) is 4.02. The summed E-state index contributed by atoms with van der Waals surface area (Å²) in [5.41, 5.74) is 4.14. The number of hydrogen-bond donors (Lipinski definition) is 0. The smallest absolute Gasteiger partial charge is 0.120 e. The lowest BCUT2D eigenvalue weighted by Crippen LogP contribution is -2.20. The fourth-order valence-electron chi connectivity index (χ4n) is 2.63. The molecule has 2 aromatic carbocycles. The van der Waals surface area contributed by atoms with Crippen molar-refractivity contribution in [3.05, 3.63) is 63.6 Å². The summed E-state index contributed by atoms with van der Waals surface area (Å²) in [7, 11) is 3.75. The molecule has 132 valence electrons. The van der Waals surface area contributed by atoms with Crippen molar-refractivity contribution in [2.24, 2.45) is 4.99 Å². The summed E-state index contributed by atoms with van der Waals surface area (Å²) in [6, 6.07) is 11.6. The Morgan fingerprint density at radius 1 is 1.08 bits per heavy atom. The van der Waals surface area contributed by atoms with Gasteiger partial charge in [-0.25, -0.2) is 0 Å². The van der Waals surface area contributed by atoms with Crippen LogP contribution in [0.15, 0.2) is 47.5 Å². The molecule has 3 nitrogen and oxygen atoms in total. The Labute approximate surface area is 159 Å². The van der Waals surface area contributed by atoms with Crippen LogP contribution in [-0.2, 0) is 0 Å². The Kier molecular flexibility index (Phi) is 6.51. The average Bonchev–Trinajstić information content (AvgIpc) is 2.75. The molecule has 0 saturated heterocycles. The van der Waals surface area contributed by atoms with Gasteiger partial charge in [-0.2, -0.15) is 0 Å². The summed E-state index contributed by atoms with van der Waals surface area (Å²) in [6.45, 7) is 1.61. The topological polar surface area (TPSA) is 24.8 Å². The Balaban J connectivity index is 0.00000225. The monoisotopic (exact) mass is 376 g/mol. The van der Waals surface area contributed by atoms with Crippen LogP contribution in [0.25, 0.3) is 6.08 Å². The molecule has 0 spiro atoms. The van der Waals surface area contributed by atoms with E-state index in [4.69, 9.17) is 32.9 Å². The third kappa shape index (κ3) is 4.36. The van der Waals surface area contributed by atoms with E-state index in [0.717, 1.165) is 41.4 Å². The molecule has 5 heteroatoms. The molecule has 2 aromatic rings. The first-order valence-electron chi connectivity index (χ1n) is 7.65. The quantitative estimate of drug-likeness (QED) is 0.697. The van der Waals surface area contributed by atoms with Crippen LogP contribution in [0, 0.1) is 0 Å². The zero-order valence-corrected chi connectivity index (χ0v) is 15.1. The van der Waals surface area contributed by atoms with Crippen LogP contribution in [0.1, 0.15) is 18.6 Å². The SMILES string of the molecule is C.COc1ccc2c(c1)N(C)CCN=C2/C=C/c1ccc(Cl)c(Cl)c1. The Morgan fingerprint density at radius 3 is 2.60 bits per heavy atom. The van der Waals surface area contributed by atoms with Gasteiger partial charge in [0.05, 0.1) is 29.4 Å². The van der Waals surface area contributed by atoms with Crippen LogP contribution in [-0.4, -0.2) is 33.0 Å². The zero-order valence-electron chi connectivity index (χ0n) is 13.6. The molecule has 1 aliphatic heterocycles. The van der Waals surface area contributed by atoms with Crippen LogP contribution < -0.4 is 9.64 Å². The standard InChI is InChI=1S/C19H18Cl2N2O.CH4/c1-23-10-9-22-18(15-6-5-14(24-2)12-19(15)23)8-4-13-3-7-16(20)17(21)11-13;/h3-8,11-12H,9-10H2,1-2H3;1H4/b8-4+;.